The van der Waals surface area contributed by atoms with Crippen molar-refractivity contribution in [2.24, 2.45) is 0 Å². The summed E-state index contributed by atoms with van der Waals surface area (Å²) in [6, 6.07) is 17.0. The number of H-pyrrole nitrogens is 1. The van der Waals surface area contributed by atoms with Crippen molar-refractivity contribution in [1.29, 1.82) is 0 Å². The molecule has 0 spiro atoms. The van der Waals surface area contributed by atoms with Crippen molar-refractivity contribution in [3.63, 3.8) is 0 Å². The van der Waals surface area contributed by atoms with E-state index in [9.17, 15) is 23.1 Å². The van der Waals surface area contributed by atoms with Gasteiger partial charge in [-0.15, -0.1) is 0 Å². The molecule has 0 aliphatic rings. The first-order chi connectivity index (χ1) is 15.5. The van der Waals surface area contributed by atoms with Crippen LogP contribution in [0.15, 0.2) is 66.7 Å². The van der Waals surface area contributed by atoms with Gasteiger partial charge < -0.3 is 14.8 Å². The second-order valence-electron chi connectivity index (χ2n) is 8.16. The number of aliphatic hydroxyl groups is 1. The number of aromatic nitrogens is 2. The van der Waals surface area contributed by atoms with Crippen molar-refractivity contribution < 1.29 is 27.8 Å². The van der Waals surface area contributed by atoms with Gasteiger partial charge in [-0.3, -0.25) is 4.79 Å². The van der Waals surface area contributed by atoms with Gasteiger partial charge in [-0.25, -0.2) is 4.98 Å². The fourth-order valence-corrected chi connectivity index (χ4v) is 3.45. The maximum atomic E-state index is 12.7. The van der Waals surface area contributed by atoms with Gasteiger partial charge in [0.25, 0.3) is 0 Å². The lowest BCUT2D eigenvalue weighted by Crippen LogP contribution is -2.31. The number of halogens is 3. The SMILES string of the molecule is CC(C)(O)C(=O)c1ccccc1-c1ccc2[nH]c(COc3ccc(C(F)(F)F)cc3)nc2c1. The number of ketones is 1. The maximum absolute atomic E-state index is 12.7. The van der Waals surface area contributed by atoms with Crippen molar-refractivity contribution >= 4 is 16.8 Å². The molecule has 170 valence electrons. The third kappa shape index (κ3) is 4.90. The van der Waals surface area contributed by atoms with Gasteiger partial charge in [0.15, 0.2) is 5.78 Å². The van der Waals surface area contributed by atoms with Crippen LogP contribution in [0, 0.1) is 0 Å². The van der Waals surface area contributed by atoms with Gasteiger partial charge in [-0.1, -0.05) is 30.3 Å². The Balaban J connectivity index is 1.56. The highest BCUT2D eigenvalue weighted by Gasteiger charge is 2.30. The van der Waals surface area contributed by atoms with Crippen LogP contribution in [0.25, 0.3) is 22.2 Å². The number of carbonyl (C=O) groups excluding carboxylic acids is 1. The minimum Gasteiger partial charge on any atom is -0.486 e. The summed E-state index contributed by atoms with van der Waals surface area (Å²) in [6.07, 6.45) is -4.40. The number of hydrogen-bond acceptors (Lipinski definition) is 4. The zero-order valence-electron chi connectivity index (χ0n) is 17.9. The minimum atomic E-state index is -4.40. The van der Waals surface area contributed by atoms with Crippen molar-refractivity contribution in [2.75, 3.05) is 0 Å². The zero-order valence-corrected chi connectivity index (χ0v) is 17.9. The van der Waals surface area contributed by atoms with Crippen molar-refractivity contribution in [3.05, 3.63) is 83.7 Å². The molecule has 0 radical (unpaired) electrons. The molecule has 0 amide bonds. The van der Waals surface area contributed by atoms with Crippen LogP contribution in [0.2, 0.25) is 0 Å². The van der Waals surface area contributed by atoms with Crippen molar-refractivity contribution in [1.82, 2.24) is 9.97 Å². The van der Waals surface area contributed by atoms with E-state index in [1.54, 1.807) is 18.2 Å². The highest BCUT2D eigenvalue weighted by atomic mass is 19.4. The molecule has 1 aromatic heterocycles. The number of carbonyl (C=O) groups is 1. The molecule has 5 nitrogen and oxygen atoms in total. The Hall–Kier alpha value is -3.65. The van der Waals surface area contributed by atoms with Crippen molar-refractivity contribution in [3.8, 4) is 16.9 Å². The highest BCUT2D eigenvalue weighted by Crippen LogP contribution is 2.31. The third-order valence-corrected chi connectivity index (χ3v) is 5.13. The van der Waals surface area contributed by atoms with E-state index in [1.165, 1.54) is 26.0 Å². The summed E-state index contributed by atoms with van der Waals surface area (Å²) in [5, 5.41) is 10.2. The molecule has 0 aliphatic carbocycles. The number of fused-ring (bicyclic) bond motifs is 1. The maximum Gasteiger partial charge on any atom is 0.416 e. The number of rotatable bonds is 6. The van der Waals surface area contributed by atoms with E-state index in [4.69, 9.17) is 4.74 Å². The molecule has 1 heterocycles. The van der Waals surface area contributed by atoms with Crippen LogP contribution in [0.1, 0.15) is 35.6 Å². The fourth-order valence-electron chi connectivity index (χ4n) is 3.45. The highest BCUT2D eigenvalue weighted by molar-refractivity contribution is 6.07. The van der Waals surface area contributed by atoms with Gasteiger partial charge in [0.05, 0.1) is 16.6 Å². The van der Waals surface area contributed by atoms with E-state index >= 15 is 0 Å². The first kappa shape index (κ1) is 22.5. The molecule has 0 unspecified atom stereocenters. The predicted molar refractivity (Wildman–Crippen MR) is 118 cm³/mol. The Kier molecular flexibility index (Phi) is 5.71. The lowest BCUT2D eigenvalue weighted by molar-refractivity contribution is -0.137. The Morgan fingerprint density at radius 2 is 1.73 bits per heavy atom. The van der Waals surface area contributed by atoms with Gasteiger partial charge in [-0.2, -0.15) is 13.2 Å². The molecule has 4 rings (SSSR count). The Labute approximate surface area is 187 Å². The third-order valence-electron chi connectivity index (χ3n) is 5.13. The van der Waals surface area contributed by atoms with E-state index in [0.29, 0.717) is 28.2 Å². The van der Waals surface area contributed by atoms with Crippen LogP contribution in [0.4, 0.5) is 13.2 Å². The average molecular weight is 454 g/mol. The molecule has 0 fully saturated rings. The monoisotopic (exact) mass is 454 g/mol. The minimum absolute atomic E-state index is 0.0448. The van der Waals surface area contributed by atoms with Gasteiger partial charge in [0.2, 0.25) is 0 Å². The molecule has 2 N–H and O–H groups in total. The van der Waals surface area contributed by atoms with Crippen LogP contribution in [0.3, 0.4) is 0 Å². The predicted octanol–water partition coefficient (Wildman–Crippen LogP) is 5.78. The van der Waals surface area contributed by atoms with Crippen LogP contribution >= 0.6 is 0 Å². The molecule has 33 heavy (non-hydrogen) atoms. The number of nitrogens with one attached hydrogen (secondary N) is 1. The number of imidazole rings is 1. The lowest BCUT2D eigenvalue weighted by atomic mass is 9.90. The standard InChI is InChI=1S/C25H21F3N2O3/c1-24(2,32)23(31)19-6-4-3-5-18(19)15-7-12-20-21(13-15)30-22(29-20)14-33-17-10-8-16(9-11-17)25(26,27)28/h3-13,32H,14H2,1-2H3,(H,29,30). The number of ether oxygens (including phenoxy) is 1. The zero-order chi connectivity index (χ0) is 23.8. The van der Waals surface area contributed by atoms with E-state index in [-0.39, 0.29) is 12.4 Å². The van der Waals surface area contributed by atoms with Gasteiger partial charge in [0.1, 0.15) is 23.8 Å². The van der Waals surface area contributed by atoms with E-state index < -0.39 is 17.3 Å². The first-order valence-electron chi connectivity index (χ1n) is 10.2. The quantitative estimate of drug-likeness (QED) is 0.362. The normalized spacial score (nSPS) is 12.2. The van der Waals surface area contributed by atoms with Crippen molar-refractivity contribution in [2.45, 2.75) is 32.2 Å². The van der Waals surface area contributed by atoms with E-state index in [1.807, 2.05) is 24.3 Å². The number of benzene rings is 3. The van der Waals surface area contributed by atoms with Crippen LogP contribution in [-0.2, 0) is 12.8 Å². The Morgan fingerprint density at radius 3 is 2.39 bits per heavy atom. The molecule has 0 saturated carbocycles. The smallest absolute Gasteiger partial charge is 0.416 e. The summed E-state index contributed by atoms with van der Waals surface area (Å²) >= 11 is 0. The lowest BCUT2D eigenvalue weighted by Gasteiger charge is -2.18. The van der Waals surface area contributed by atoms with E-state index in [0.717, 1.165) is 23.2 Å². The molecular weight excluding hydrogens is 433 g/mol. The average Bonchev–Trinajstić information content (AvgIpc) is 3.18. The summed E-state index contributed by atoms with van der Waals surface area (Å²) in [6.45, 7) is 2.95. The summed E-state index contributed by atoms with van der Waals surface area (Å²) in [5.74, 6) is 0.414. The molecule has 0 aliphatic heterocycles. The summed E-state index contributed by atoms with van der Waals surface area (Å²) in [7, 11) is 0. The second-order valence-corrected chi connectivity index (χ2v) is 8.16. The van der Waals surface area contributed by atoms with Gasteiger partial charge in [-0.05, 0) is 61.4 Å². The Bertz CT molecular complexity index is 1300. The number of aromatic amines is 1. The summed E-state index contributed by atoms with van der Waals surface area (Å²) < 4.78 is 43.6. The number of nitrogens with zero attached hydrogens (tertiary/aromatic N) is 1. The number of hydrogen-bond donors (Lipinski definition) is 2. The fraction of sp³-hybridized carbons (Fsp3) is 0.200. The number of alkyl halides is 3. The number of Topliss-reactive ketones (excluding diaryl/α,β-unsaturated/α-hetero) is 1. The molecule has 4 aromatic rings. The molecule has 0 saturated heterocycles. The second kappa shape index (κ2) is 8.37. The van der Waals surface area contributed by atoms with Gasteiger partial charge >= 0.3 is 6.18 Å². The summed E-state index contributed by atoms with van der Waals surface area (Å²) in [4.78, 5) is 20.3. The van der Waals surface area contributed by atoms with Gasteiger partial charge in [0, 0.05) is 5.56 Å². The molecule has 0 bridgehead atoms. The molecule has 8 heteroatoms. The molecule has 0 atom stereocenters. The molecular formula is C25H21F3N2O3. The first-order valence-corrected chi connectivity index (χ1v) is 10.2. The topological polar surface area (TPSA) is 75.2 Å². The Morgan fingerprint density at radius 1 is 1.03 bits per heavy atom. The summed E-state index contributed by atoms with van der Waals surface area (Å²) in [5.41, 5.74) is 0.991. The van der Waals surface area contributed by atoms with Crippen LogP contribution in [0.5, 0.6) is 5.75 Å². The van der Waals surface area contributed by atoms with Crippen LogP contribution < -0.4 is 4.74 Å². The van der Waals surface area contributed by atoms with E-state index in [2.05, 4.69) is 9.97 Å². The largest absolute Gasteiger partial charge is 0.486 e. The molecule has 3 aromatic carbocycles. The van der Waals surface area contributed by atoms with Crippen LogP contribution in [-0.4, -0.2) is 26.5 Å².